The molecule has 3 heteroatoms. The van der Waals surface area contributed by atoms with Crippen molar-refractivity contribution in [3.8, 4) is 0 Å². The zero-order valence-corrected chi connectivity index (χ0v) is 19.9. The van der Waals surface area contributed by atoms with Crippen LogP contribution in [0.5, 0.6) is 0 Å². The van der Waals surface area contributed by atoms with Gasteiger partial charge in [-0.05, 0) is 98.2 Å². The van der Waals surface area contributed by atoms with Gasteiger partial charge in [0.1, 0.15) is 0 Å². The maximum Gasteiger partial charge on any atom is 0.0910 e. The summed E-state index contributed by atoms with van der Waals surface area (Å²) in [5.74, 6) is 2.96. The molecule has 0 heterocycles. The second-order valence-electron chi connectivity index (χ2n) is 12.4. The highest BCUT2D eigenvalue weighted by atomic mass is 16.3. The van der Waals surface area contributed by atoms with Crippen LogP contribution in [0.3, 0.4) is 0 Å². The number of rotatable bonds is 6. The molecule has 1 unspecified atom stereocenters. The molecule has 4 rings (SSSR count). The van der Waals surface area contributed by atoms with Gasteiger partial charge in [-0.15, -0.1) is 0 Å². The molecule has 0 aliphatic heterocycles. The largest absolute Gasteiger partial charge is 0.393 e. The van der Waals surface area contributed by atoms with E-state index in [1.165, 1.54) is 24.8 Å². The van der Waals surface area contributed by atoms with Gasteiger partial charge in [0.2, 0.25) is 0 Å². The molecule has 172 valence electrons. The van der Waals surface area contributed by atoms with E-state index in [1.807, 2.05) is 0 Å². The van der Waals surface area contributed by atoms with Gasteiger partial charge in [0, 0.05) is 0 Å². The molecule has 3 saturated carbocycles. The third-order valence-corrected chi connectivity index (χ3v) is 10.4. The second-order valence-corrected chi connectivity index (χ2v) is 12.4. The molecule has 8 atom stereocenters. The van der Waals surface area contributed by atoms with Crippen molar-refractivity contribution >= 4 is 0 Å². The van der Waals surface area contributed by atoms with Gasteiger partial charge in [-0.3, -0.25) is 0 Å². The molecule has 3 nitrogen and oxygen atoms in total. The van der Waals surface area contributed by atoms with E-state index in [4.69, 9.17) is 0 Å². The molecule has 0 radical (unpaired) electrons. The van der Waals surface area contributed by atoms with Crippen LogP contribution in [-0.2, 0) is 0 Å². The molecule has 0 amide bonds. The summed E-state index contributed by atoms with van der Waals surface area (Å²) in [6.07, 6.45) is 14.0. The first-order valence-electron chi connectivity index (χ1n) is 12.8. The van der Waals surface area contributed by atoms with E-state index in [0.717, 1.165) is 57.3 Å². The lowest BCUT2D eigenvalue weighted by Gasteiger charge is -2.59. The first-order valence-corrected chi connectivity index (χ1v) is 12.8. The molecule has 0 aromatic rings. The van der Waals surface area contributed by atoms with Crippen molar-refractivity contribution in [1.29, 1.82) is 0 Å². The first-order chi connectivity index (χ1) is 14.1. The summed E-state index contributed by atoms with van der Waals surface area (Å²) in [6.45, 7) is 9.31. The Labute approximate surface area is 184 Å². The van der Waals surface area contributed by atoms with Crippen molar-refractivity contribution in [2.45, 2.75) is 110 Å². The minimum absolute atomic E-state index is 0.0914. The molecular weight excluding hydrogens is 372 g/mol. The third kappa shape index (κ3) is 3.61. The Morgan fingerprint density at radius 2 is 1.87 bits per heavy atom. The second kappa shape index (κ2) is 8.19. The molecule has 0 aromatic carbocycles. The van der Waals surface area contributed by atoms with Crippen LogP contribution in [-0.4, -0.2) is 33.6 Å². The van der Waals surface area contributed by atoms with Crippen molar-refractivity contribution in [3.05, 3.63) is 11.6 Å². The zero-order chi connectivity index (χ0) is 21.7. The molecule has 4 aliphatic rings. The molecular formula is C27H46O3. The fourth-order valence-corrected chi connectivity index (χ4v) is 8.70. The average Bonchev–Trinajstić information content (AvgIpc) is 3.06. The fraction of sp³-hybridized carbons (Fsp3) is 0.926. The Kier molecular flexibility index (Phi) is 6.23. The molecule has 4 aliphatic carbocycles. The van der Waals surface area contributed by atoms with E-state index >= 15 is 0 Å². The van der Waals surface area contributed by atoms with Gasteiger partial charge in [-0.2, -0.15) is 0 Å². The third-order valence-electron chi connectivity index (χ3n) is 10.4. The van der Waals surface area contributed by atoms with Crippen LogP contribution < -0.4 is 0 Å². The van der Waals surface area contributed by atoms with Crippen LogP contribution >= 0.6 is 0 Å². The van der Waals surface area contributed by atoms with Crippen LogP contribution in [0.15, 0.2) is 11.6 Å². The Bertz CT molecular complexity index is 656. The van der Waals surface area contributed by atoms with Crippen molar-refractivity contribution < 1.29 is 15.3 Å². The van der Waals surface area contributed by atoms with E-state index in [9.17, 15) is 15.3 Å². The summed E-state index contributed by atoms with van der Waals surface area (Å²) in [4.78, 5) is 0. The molecule has 0 spiro atoms. The first kappa shape index (κ1) is 22.8. The summed E-state index contributed by atoms with van der Waals surface area (Å²) in [6, 6.07) is 0. The minimum Gasteiger partial charge on any atom is -0.393 e. The quantitative estimate of drug-likeness (QED) is 0.501. The number of aliphatic hydroxyl groups excluding tert-OH is 2. The predicted octanol–water partition coefficient (Wildman–Crippen LogP) is 5.48. The summed E-state index contributed by atoms with van der Waals surface area (Å²) in [7, 11) is 0. The molecule has 3 N–H and O–H groups in total. The Balaban J connectivity index is 1.55. The van der Waals surface area contributed by atoms with Crippen LogP contribution in [0.1, 0.15) is 98.3 Å². The van der Waals surface area contributed by atoms with Gasteiger partial charge in [0.25, 0.3) is 0 Å². The Morgan fingerprint density at radius 1 is 1.10 bits per heavy atom. The number of aliphatic hydroxyl groups is 3. The van der Waals surface area contributed by atoms with E-state index in [1.54, 1.807) is 0 Å². The highest BCUT2D eigenvalue weighted by Gasteiger charge is 2.61. The van der Waals surface area contributed by atoms with E-state index < -0.39 is 5.60 Å². The lowest BCUT2D eigenvalue weighted by atomic mass is 9.46. The van der Waals surface area contributed by atoms with E-state index in [-0.39, 0.29) is 29.5 Å². The highest BCUT2D eigenvalue weighted by molar-refractivity contribution is 5.25. The van der Waals surface area contributed by atoms with Gasteiger partial charge >= 0.3 is 0 Å². The van der Waals surface area contributed by atoms with E-state index in [0.29, 0.717) is 17.8 Å². The summed E-state index contributed by atoms with van der Waals surface area (Å²) >= 11 is 0. The summed E-state index contributed by atoms with van der Waals surface area (Å²) in [5, 5.41) is 32.1. The maximum absolute atomic E-state index is 11.6. The van der Waals surface area contributed by atoms with E-state index in [2.05, 4.69) is 33.8 Å². The lowest BCUT2D eigenvalue weighted by molar-refractivity contribution is -0.132. The molecule has 0 saturated heterocycles. The number of hydrogen-bond donors (Lipinski definition) is 3. The monoisotopic (exact) mass is 418 g/mol. The van der Waals surface area contributed by atoms with Crippen LogP contribution in [0.2, 0.25) is 0 Å². The molecule has 30 heavy (non-hydrogen) atoms. The van der Waals surface area contributed by atoms with Gasteiger partial charge in [-0.1, -0.05) is 52.2 Å². The summed E-state index contributed by atoms with van der Waals surface area (Å²) < 4.78 is 0. The number of fused-ring (bicyclic) bond motifs is 5. The maximum atomic E-state index is 11.6. The van der Waals surface area contributed by atoms with Gasteiger partial charge in [-0.25, -0.2) is 0 Å². The van der Waals surface area contributed by atoms with Crippen molar-refractivity contribution in [3.63, 3.8) is 0 Å². The van der Waals surface area contributed by atoms with Crippen molar-refractivity contribution in [2.75, 3.05) is 6.61 Å². The Morgan fingerprint density at radius 3 is 2.57 bits per heavy atom. The molecule has 0 bridgehead atoms. The van der Waals surface area contributed by atoms with Crippen molar-refractivity contribution in [2.24, 2.45) is 40.4 Å². The topological polar surface area (TPSA) is 60.7 Å². The fourth-order valence-electron chi connectivity index (χ4n) is 8.70. The van der Waals surface area contributed by atoms with Crippen LogP contribution in [0.4, 0.5) is 0 Å². The van der Waals surface area contributed by atoms with Crippen molar-refractivity contribution in [1.82, 2.24) is 0 Å². The SMILES string of the molecule is CC(C)CCC[C@@](O)(CO)[C@H]1CC[C@H]2[C@@H]3CC=C4CC(O)CC[C@]4(C)[C@H]3CC[C@]12C. The Hall–Kier alpha value is -0.380. The zero-order valence-electron chi connectivity index (χ0n) is 19.9. The predicted molar refractivity (Wildman–Crippen MR) is 122 cm³/mol. The normalized spacial score (nSPS) is 45.3. The number of allylic oxidation sites excluding steroid dienone is 1. The van der Waals surface area contributed by atoms with Crippen LogP contribution in [0.25, 0.3) is 0 Å². The van der Waals surface area contributed by atoms with Gasteiger partial charge < -0.3 is 15.3 Å². The standard InChI is InChI=1S/C27H46O3/c1-18(2)6-5-13-27(30,17-28)24-10-9-22-21-8-7-19-16-20(29)11-14-25(19,3)23(21)12-15-26(22,24)4/h7,18,20-24,28-30H,5-6,8-17H2,1-4H3/t20?,21-,22-,23-,24-,25-,26-,27+/m0/s1. The van der Waals surface area contributed by atoms with Gasteiger partial charge in [0.15, 0.2) is 0 Å². The summed E-state index contributed by atoms with van der Waals surface area (Å²) in [5.41, 5.74) is 1.03. The van der Waals surface area contributed by atoms with Crippen LogP contribution in [0, 0.1) is 40.4 Å². The minimum atomic E-state index is -0.917. The molecule has 3 fully saturated rings. The average molecular weight is 419 g/mol. The highest BCUT2D eigenvalue weighted by Crippen LogP contribution is 2.67. The van der Waals surface area contributed by atoms with Gasteiger partial charge in [0.05, 0.1) is 18.3 Å². The molecule has 0 aromatic heterocycles. The smallest absolute Gasteiger partial charge is 0.0910 e. The number of hydrogen-bond acceptors (Lipinski definition) is 3. The lowest BCUT2D eigenvalue weighted by Crippen LogP contribution is -2.54.